The summed E-state index contributed by atoms with van der Waals surface area (Å²) in [4.78, 5) is 19.8. The standard InChI is InChI=1S/C5H10O2.C4H6O3/c1-4(2)3-5(6)7;1-3-2-6-4(5)7-3/h4H,3H2,1-2H3,(H,6,7);3H,2H2,1H3. The highest BCUT2D eigenvalue weighted by atomic mass is 16.8. The van der Waals surface area contributed by atoms with E-state index in [1.165, 1.54) is 0 Å². The minimum atomic E-state index is -0.713. The van der Waals surface area contributed by atoms with Crippen LogP contribution in [-0.4, -0.2) is 29.9 Å². The number of aliphatic carboxylic acids is 1. The third-order valence-electron chi connectivity index (χ3n) is 1.32. The molecule has 1 N–H and O–H groups in total. The fourth-order valence-corrected chi connectivity index (χ4v) is 0.767. The number of carbonyl (C=O) groups is 2. The van der Waals surface area contributed by atoms with Crippen LogP contribution in [0.4, 0.5) is 4.79 Å². The van der Waals surface area contributed by atoms with Crippen LogP contribution in [0.15, 0.2) is 0 Å². The van der Waals surface area contributed by atoms with Crippen LogP contribution < -0.4 is 0 Å². The van der Waals surface area contributed by atoms with Crippen LogP contribution in [0.3, 0.4) is 0 Å². The molecule has 1 rings (SSSR count). The maximum atomic E-state index is 10.0. The molecule has 5 nitrogen and oxygen atoms in total. The van der Waals surface area contributed by atoms with Crippen molar-refractivity contribution in [3.8, 4) is 0 Å². The van der Waals surface area contributed by atoms with Crippen molar-refractivity contribution in [3.63, 3.8) is 0 Å². The average Bonchev–Trinajstić information content (AvgIpc) is 2.32. The largest absolute Gasteiger partial charge is 0.508 e. The Bertz CT molecular complexity index is 199. The summed E-state index contributed by atoms with van der Waals surface area (Å²) < 4.78 is 8.90. The molecule has 1 fully saturated rings. The summed E-state index contributed by atoms with van der Waals surface area (Å²) >= 11 is 0. The highest BCUT2D eigenvalue weighted by molar-refractivity contribution is 5.66. The molecule has 0 spiro atoms. The lowest BCUT2D eigenvalue weighted by Gasteiger charge is -1.94. The molecule has 82 valence electrons. The van der Waals surface area contributed by atoms with Gasteiger partial charge in [0, 0.05) is 6.42 Å². The van der Waals surface area contributed by atoms with Gasteiger partial charge in [0.05, 0.1) is 0 Å². The lowest BCUT2D eigenvalue weighted by Crippen LogP contribution is -2.01. The molecule has 0 aromatic heterocycles. The van der Waals surface area contributed by atoms with Crippen LogP contribution in [0.25, 0.3) is 0 Å². The van der Waals surface area contributed by atoms with Crippen molar-refractivity contribution in [2.75, 3.05) is 6.61 Å². The maximum Gasteiger partial charge on any atom is 0.508 e. The zero-order chi connectivity index (χ0) is 11.1. The molecule has 0 saturated carbocycles. The summed E-state index contributed by atoms with van der Waals surface area (Å²) in [6, 6.07) is 0. The molecule has 0 aromatic carbocycles. The molecule has 1 atom stereocenters. The summed E-state index contributed by atoms with van der Waals surface area (Å²) in [5.41, 5.74) is 0. The van der Waals surface area contributed by atoms with Gasteiger partial charge < -0.3 is 14.6 Å². The Morgan fingerprint density at radius 3 is 2.29 bits per heavy atom. The molecule has 1 unspecified atom stereocenters. The molecule has 1 saturated heterocycles. The Kier molecular flexibility index (Phi) is 5.67. The highest BCUT2D eigenvalue weighted by Gasteiger charge is 2.19. The van der Waals surface area contributed by atoms with E-state index in [1.807, 2.05) is 13.8 Å². The minimum absolute atomic E-state index is 0.0486. The van der Waals surface area contributed by atoms with Crippen LogP contribution in [0.5, 0.6) is 0 Å². The molecule has 0 amide bonds. The van der Waals surface area contributed by atoms with Crippen molar-refractivity contribution in [1.29, 1.82) is 0 Å². The predicted octanol–water partition coefficient (Wildman–Crippen LogP) is 1.66. The molecule has 1 aliphatic heterocycles. The number of ether oxygens (including phenoxy) is 2. The van der Waals surface area contributed by atoms with Gasteiger partial charge in [-0.05, 0) is 12.8 Å². The minimum Gasteiger partial charge on any atom is -0.481 e. The van der Waals surface area contributed by atoms with Gasteiger partial charge in [0.2, 0.25) is 0 Å². The molecule has 0 aromatic rings. The monoisotopic (exact) mass is 204 g/mol. The summed E-state index contributed by atoms with van der Waals surface area (Å²) in [5.74, 6) is -0.438. The van der Waals surface area contributed by atoms with Gasteiger partial charge in [-0.1, -0.05) is 13.8 Å². The first kappa shape index (κ1) is 12.7. The first-order chi connectivity index (χ1) is 6.41. The van der Waals surface area contributed by atoms with E-state index in [-0.39, 0.29) is 18.4 Å². The zero-order valence-corrected chi connectivity index (χ0v) is 8.65. The van der Waals surface area contributed by atoms with Gasteiger partial charge in [0.1, 0.15) is 12.7 Å². The third kappa shape index (κ3) is 7.39. The Morgan fingerprint density at radius 1 is 1.64 bits per heavy atom. The van der Waals surface area contributed by atoms with Crippen molar-refractivity contribution in [3.05, 3.63) is 0 Å². The molecular formula is C9H16O5. The Hall–Kier alpha value is -1.26. The summed E-state index contributed by atoms with van der Waals surface area (Å²) in [7, 11) is 0. The molecule has 0 bridgehead atoms. The highest BCUT2D eigenvalue weighted by Crippen LogP contribution is 2.02. The number of cyclic esters (lactones) is 2. The number of rotatable bonds is 2. The number of carboxylic acids is 1. The lowest BCUT2D eigenvalue weighted by molar-refractivity contribution is -0.137. The lowest BCUT2D eigenvalue weighted by atomic mass is 10.1. The molecule has 0 aliphatic carbocycles. The van der Waals surface area contributed by atoms with Gasteiger partial charge in [0.25, 0.3) is 0 Å². The van der Waals surface area contributed by atoms with Crippen LogP contribution in [-0.2, 0) is 14.3 Å². The number of carbonyl (C=O) groups excluding carboxylic acids is 1. The van der Waals surface area contributed by atoms with Crippen molar-refractivity contribution in [1.82, 2.24) is 0 Å². The van der Waals surface area contributed by atoms with Crippen molar-refractivity contribution in [2.24, 2.45) is 5.92 Å². The maximum absolute atomic E-state index is 10.0. The third-order valence-corrected chi connectivity index (χ3v) is 1.32. The van der Waals surface area contributed by atoms with E-state index in [4.69, 9.17) is 5.11 Å². The van der Waals surface area contributed by atoms with E-state index >= 15 is 0 Å². The second-order valence-electron chi connectivity index (χ2n) is 3.48. The molecular weight excluding hydrogens is 188 g/mol. The van der Waals surface area contributed by atoms with E-state index in [1.54, 1.807) is 6.92 Å². The van der Waals surface area contributed by atoms with Crippen LogP contribution in [0, 0.1) is 5.92 Å². The van der Waals surface area contributed by atoms with Gasteiger partial charge in [-0.3, -0.25) is 4.79 Å². The second-order valence-corrected chi connectivity index (χ2v) is 3.48. The summed E-state index contributed by atoms with van der Waals surface area (Å²) in [6.07, 6.45) is -0.319. The fourth-order valence-electron chi connectivity index (χ4n) is 0.767. The van der Waals surface area contributed by atoms with Gasteiger partial charge in [-0.25, -0.2) is 4.79 Å². The van der Waals surface area contributed by atoms with Crippen LogP contribution in [0.2, 0.25) is 0 Å². The zero-order valence-electron chi connectivity index (χ0n) is 8.65. The van der Waals surface area contributed by atoms with Crippen LogP contribution >= 0.6 is 0 Å². The van der Waals surface area contributed by atoms with Gasteiger partial charge in [-0.2, -0.15) is 0 Å². The van der Waals surface area contributed by atoms with E-state index < -0.39 is 12.1 Å². The second kappa shape index (κ2) is 6.23. The topological polar surface area (TPSA) is 72.8 Å². The Labute approximate surface area is 83.0 Å². The molecule has 5 heteroatoms. The first-order valence-electron chi connectivity index (χ1n) is 4.47. The van der Waals surface area contributed by atoms with E-state index in [0.29, 0.717) is 6.61 Å². The van der Waals surface area contributed by atoms with E-state index in [2.05, 4.69) is 9.47 Å². The molecule has 1 aliphatic rings. The first-order valence-corrected chi connectivity index (χ1v) is 4.47. The van der Waals surface area contributed by atoms with Gasteiger partial charge in [-0.15, -0.1) is 0 Å². The van der Waals surface area contributed by atoms with E-state index in [9.17, 15) is 9.59 Å². The molecule has 1 heterocycles. The smallest absolute Gasteiger partial charge is 0.481 e. The van der Waals surface area contributed by atoms with Gasteiger partial charge in [0.15, 0.2) is 0 Å². The SMILES string of the molecule is CC(C)CC(=O)O.CC1COC(=O)O1. The molecule has 14 heavy (non-hydrogen) atoms. The molecule has 0 radical (unpaired) electrons. The summed E-state index contributed by atoms with van der Waals surface area (Å²) in [6.45, 7) is 5.95. The van der Waals surface area contributed by atoms with Crippen molar-refractivity contribution < 1.29 is 24.2 Å². The van der Waals surface area contributed by atoms with Crippen LogP contribution in [0.1, 0.15) is 27.2 Å². The Morgan fingerprint density at radius 2 is 2.21 bits per heavy atom. The van der Waals surface area contributed by atoms with Gasteiger partial charge >= 0.3 is 12.1 Å². The summed E-state index contributed by atoms with van der Waals surface area (Å²) in [5, 5.41) is 8.08. The van der Waals surface area contributed by atoms with Crippen molar-refractivity contribution >= 4 is 12.1 Å². The average molecular weight is 204 g/mol. The van der Waals surface area contributed by atoms with Crippen molar-refractivity contribution in [2.45, 2.75) is 33.3 Å². The number of hydrogen-bond acceptors (Lipinski definition) is 4. The quantitative estimate of drug-likeness (QED) is 0.692. The normalized spacial score (nSPS) is 19.4. The predicted molar refractivity (Wildman–Crippen MR) is 49.0 cm³/mol. The number of carboxylic acid groups (broad SMARTS) is 1. The Balaban J connectivity index is 0.000000241. The fraction of sp³-hybridized carbons (Fsp3) is 0.778. The number of hydrogen-bond donors (Lipinski definition) is 1. The van der Waals surface area contributed by atoms with E-state index in [0.717, 1.165) is 0 Å².